The van der Waals surface area contributed by atoms with Crippen molar-refractivity contribution in [3.63, 3.8) is 0 Å². The molecule has 0 aromatic heterocycles. The van der Waals surface area contributed by atoms with Crippen molar-refractivity contribution < 1.29 is 5.11 Å². The molecule has 76 valence electrons. The Hall–Kier alpha value is -0.550. The highest BCUT2D eigenvalue weighted by Crippen LogP contribution is 2.33. The smallest absolute Gasteiger partial charge is 0.0801 e. The van der Waals surface area contributed by atoms with Crippen molar-refractivity contribution in [3.05, 3.63) is 0 Å². The van der Waals surface area contributed by atoms with Crippen molar-refractivity contribution in [2.24, 2.45) is 5.41 Å². The number of nitriles is 1. The van der Waals surface area contributed by atoms with E-state index in [9.17, 15) is 5.11 Å². The van der Waals surface area contributed by atoms with E-state index in [1.807, 2.05) is 0 Å². The van der Waals surface area contributed by atoms with Crippen molar-refractivity contribution in [2.45, 2.75) is 59.0 Å². The second-order valence-electron chi connectivity index (χ2n) is 4.47. The van der Waals surface area contributed by atoms with Crippen LogP contribution in [0, 0.1) is 16.7 Å². The third-order valence-corrected chi connectivity index (χ3v) is 2.89. The zero-order valence-electron chi connectivity index (χ0n) is 9.22. The molecule has 0 fully saturated rings. The van der Waals surface area contributed by atoms with Crippen molar-refractivity contribution >= 4 is 0 Å². The van der Waals surface area contributed by atoms with Gasteiger partial charge in [-0.2, -0.15) is 5.26 Å². The van der Waals surface area contributed by atoms with Gasteiger partial charge in [-0.25, -0.2) is 0 Å². The molecule has 0 aromatic carbocycles. The van der Waals surface area contributed by atoms with Crippen molar-refractivity contribution in [3.8, 4) is 6.07 Å². The fourth-order valence-electron chi connectivity index (χ4n) is 1.15. The molecule has 0 radical (unpaired) electrons. The Kier molecular flexibility index (Phi) is 4.43. The van der Waals surface area contributed by atoms with Crippen LogP contribution in [-0.2, 0) is 0 Å². The number of unbranched alkanes of at least 4 members (excludes halogenated alkanes) is 2. The number of rotatable bonds is 5. The largest absolute Gasteiger partial charge is 0.389 e. The van der Waals surface area contributed by atoms with E-state index in [4.69, 9.17) is 5.26 Å². The molecule has 0 aromatic rings. The van der Waals surface area contributed by atoms with Gasteiger partial charge in [-0.3, -0.25) is 0 Å². The average molecular weight is 183 g/mol. The normalized spacial score (nSPS) is 16.3. The van der Waals surface area contributed by atoms with Gasteiger partial charge in [0.25, 0.3) is 0 Å². The Morgan fingerprint density at radius 1 is 1.23 bits per heavy atom. The SMILES string of the molecule is CCCCCC(C)(O)C(C)(C)C#N. The van der Waals surface area contributed by atoms with Crippen molar-refractivity contribution in [1.29, 1.82) is 5.26 Å². The lowest BCUT2D eigenvalue weighted by atomic mass is 9.74. The Morgan fingerprint density at radius 2 is 1.77 bits per heavy atom. The molecule has 0 saturated carbocycles. The molecule has 0 spiro atoms. The first-order valence-corrected chi connectivity index (χ1v) is 5.01. The Balaban J connectivity index is 4.16. The van der Waals surface area contributed by atoms with Crippen LogP contribution >= 0.6 is 0 Å². The summed E-state index contributed by atoms with van der Waals surface area (Å²) in [5, 5.41) is 18.9. The summed E-state index contributed by atoms with van der Waals surface area (Å²) in [6.07, 6.45) is 3.97. The molecule has 1 N–H and O–H groups in total. The number of hydrogen-bond donors (Lipinski definition) is 1. The summed E-state index contributed by atoms with van der Waals surface area (Å²) in [4.78, 5) is 0. The monoisotopic (exact) mass is 183 g/mol. The summed E-state index contributed by atoms with van der Waals surface area (Å²) in [6.45, 7) is 7.47. The molecule has 0 rings (SSSR count). The zero-order chi connectivity index (χ0) is 10.5. The summed E-state index contributed by atoms with van der Waals surface area (Å²) >= 11 is 0. The van der Waals surface area contributed by atoms with Crippen LogP contribution in [0.5, 0.6) is 0 Å². The molecule has 13 heavy (non-hydrogen) atoms. The molecule has 0 aliphatic carbocycles. The van der Waals surface area contributed by atoms with Gasteiger partial charge in [0, 0.05) is 0 Å². The fourth-order valence-corrected chi connectivity index (χ4v) is 1.15. The van der Waals surface area contributed by atoms with Crippen LogP contribution < -0.4 is 0 Å². The predicted octanol–water partition coefficient (Wildman–Crippen LogP) is 2.87. The Morgan fingerprint density at radius 3 is 2.15 bits per heavy atom. The second-order valence-corrected chi connectivity index (χ2v) is 4.47. The summed E-state index contributed by atoms with van der Waals surface area (Å²) < 4.78 is 0. The van der Waals surface area contributed by atoms with Crippen LogP contribution in [0.3, 0.4) is 0 Å². The summed E-state index contributed by atoms with van der Waals surface area (Å²) in [5.41, 5.74) is -1.52. The molecular formula is C11H21NO. The van der Waals surface area contributed by atoms with E-state index in [2.05, 4.69) is 13.0 Å². The molecule has 0 aliphatic rings. The molecule has 0 aliphatic heterocycles. The lowest BCUT2D eigenvalue weighted by Gasteiger charge is -2.34. The van der Waals surface area contributed by atoms with Gasteiger partial charge in [-0.1, -0.05) is 26.2 Å². The number of hydrogen-bond acceptors (Lipinski definition) is 2. The van der Waals surface area contributed by atoms with E-state index < -0.39 is 11.0 Å². The fraction of sp³-hybridized carbons (Fsp3) is 0.909. The quantitative estimate of drug-likeness (QED) is 0.666. The second kappa shape index (κ2) is 4.62. The van der Waals surface area contributed by atoms with E-state index in [0.717, 1.165) is 19.3 Å². The standard InChI is InChI=1S/C11H21NO/c1-5-6-7-8-11(4,13)10(2,3)9-12/h13H,5-8H2,1-4H3. The Bertz CT molecular complexity index is 189. The van der Waals surface area contributed by atoms with Gasteiger partial charge in [-0.15, -0.1) is 0 Å². The van der Waals surface area contributed by atoms with E-state index in [-0.39, 0.29) is 0 Å². The third-order valence-electron chi connectivity index (χ3n) is 2.89. The minimum Gasteiger partial charge on any atom is -0.389 e. The van der Waals surface area contributed by atoms with Gasteiger partial charge in [-0.05, 0) is 27.2 Å². The van der Waals surface area contributed by atoms with Crippen LogP contribution in [-0.4, -0.2) is 10.7 Å². The molecule has 0 bridgehead atoms. The highest BCUT2D eigenvalue weighted by atomic mass is 16.3. The number of aliphatic hydroxyl groups is 1. The Labute approximate surface area is 81.6 Å². The van der Waals surface area contributed by atoms with Gasteiger partial charge in [0.05, 0.1) is 17.1 Å². The van der Waals surface area contributed by atoms with Gasteiger partial charge in [0.2, 0.25) is 0 Å². The molecular weight excluding hydrogens is 162 g/mol. The number of nitrogens with zero attached hydrogens (tertiary/aromatic N) is 1. The molecule has 0 heterocycles. The van der Waals surface area contributed by atoms with Crippen LogP contribution in [0.1, 0.15) is 53.4 Å². The summed E-state index contributed by atoms with van der Waals surface area (Å²) in [5.74, 6) is 0. The maximum atomic E-state index is 10.0. The molecule has 0 amide bonds. The van der Waals surface area contributed by atoms with E-state index in [0.29, 0.717) is 6.42 Å². The first-order chi connectivity index (χ1) is 5.87. The molecule has 1 atom stereocenters. The van der Waals surface area contributed by atoms with Crippen LogP contribution in [0.4, 0.5) is 0 Å². The maximum Gasteiger partial charge on any atom is 0.0801 e. The van der Waals surface area contributed by atoms with Crippen LogP contribution in [0.2, 0.25) is 0 Å². The van der Waals surface area contributed by atoms with Crippen molar-refractivity contribution in [1.82, 2.24) is 0 Å². The van der Waals surface area contributed by atoms with Gasteiger partial charge in [0.1, 0.15) is 0 Å². The average Bonchev–Trinajstić information content (AvgIpc) is 2.04. The lowest BCUT2D eigenvalue weighted by molar-refractivity contribution is -0.0304. The minimum absolute atomic E-state index is 0.652. The van der Waals surface area contributed by atoms with Crippen LogP contribution in [0.15, 0.2) is 0 Å². The highest BCUT2D eigenvalue weighted by Gasteiger charge is 2.38. The van der Waals surface area contributed by atoms with E-state index >= 15 is 0 Å². The summed E-state index contributed by atoms with van der Waals surface area (Å²) in [7, 11) is 0. The van der Waals surface area contributed by atoms with Gasteiger partial charge in [0.15, 0.2) is 0 Å². The summed E-state index contributed by atoms with van der Waals surface area (Å²) in [6, 6.07) is 2.16. The highest BCUT2D eigenvalue weighted by molar-refractivity contribution is 5.04. The van der Waals surface area contributed by atoms with Crippen LogP contribution in [0.25, 0.3) is 0 Å². The predicted molar refractivity (Wildman–Crippen MR) is 54.2 cm³/mol. The maximum absolute atomic E-state index is 10.0. The lowest BCUT2D eigenvalue weighted by Crippen LogP contribution is -2.40. The minimum atomic E-state index is -0.864. The van der Waals surface area contributed by atoms with Gasteiger partial charge >= 0.3 is 0 Å². The van der Waals surface area contributed by atoms with E-state index in [1.54, 1.807) is 20.8 Å². The molecule has 2 heteroatoms. The topological polar surface area (TPSA) is 44.0 Å². The molecule has 1 unspecified atom stereocenters. The molecule has 0 saturated heterocycles. The van der Waals surface area contributed by atoms with Crippen molar-refractivity contribution in [2.75, 3.05) is 0 Å². The zero-order valence-corrected chi connectivity index (χ0v) is 9.22. The first-order valence-electron chi connectivity index (χ1n) is 5.01. The van der Waals surface area contributed by atoms with Gasteiger partial charge < -0.3 is 5.11 Å². The first kappa shape index (κ1) is 12.4. The third kappa shape index (κ3) is 3.36. The van der Waals surface area contributed by atoms with E-state index in [1.165, 1.54) is 0 Å². The molecule has 2 nitrogen and oxygen atoms in total.